The molecule has 0 spiro atoms. The minimum absolute atomic E-state index is 0.00292. The number of carbonyl (C=O) groups excluding carboxylic acids is 1. The monoisotopic (exact) mass is 318 g/mol. The first-order chi connectivity index (χ1) is 11.1. The van der Waals surface area contributed by atoms with Crippen molar-refractivity contribution in [3.05, 3.63) is 35.6 Å². The van der Waals surface area contributed by atoms with Crippen LogP contribution < -0.4 is 10.6 Å². The smallest absolute Gasteiger partial charge is 0.230 e. The van der Waals surface area contributed by atoms with Gasteiger partial charge in [-0.25, -0.2) is 4.39 Å². The highest BCUT2D eigenvalue weighted by atomic mass is 19.1. The van der Waals surface area contributed by atoms with E-state index in [1.54, 1.807) is 0 Å². The van der Waals surface area contributed by atoms with Crippen molar-refractivity contribution in [1.29, 1.82) is 0 Å². The van der Waals surface area contributed by atoms with Crippen molar-refractivity contribution in [3.8, 4) is 0 Å². The third kappa shape index (κ3) is 2.56. The Morgan fingerprint density at radius 1 is 1.35 bits per heavy atom. The lowest BCUT2D eigenvalue weighted by atomic mass is 9.74. The van der Waals surface area contributed by atoms with Crippen LogP contribution in [0.5, 0.6) is 0 Å². The molecule has 3 aliphatic rings. The summed E-state index contributed by atoms with van der Waals surface area (Å²) in [6.07, 6.45) is 3.04. The molecule has 1 amide bonds. The van der Waals surface area contributed by atoms with Crippen LogP contribution in [0.3, 0.4) is 0 Å². The average molecular weight is 318 g/mol. The molecule has 1 aromatic carbocycles. The molecule has 5 heteroatoms. The first kappa shape index (κ1) is 15.1. The summed E-state index contributed by atoms with van der Waals surface area (Å²) in [5, 5.41) is 6.53. The van der Waals surface area contributed by atoms with Crippen LogP contribution in [-0.4, -0.2) is 38.8 Å². The predicted octanol–water partition coefficient (Wildman–Crippen LogP) is 1.60. The molecule has 0 unspecified atom stereocenters. The maximum Gasteiger partial charge on any atom is 0.230 e. The second-order valence-corrected chi connectivity index (χ2v) is 7.30. The van der Waals surface area contributed by atoms with Crippen LogP contribution >= 0.6 is 0 Å². The van der Waals surface area contributed by atoms with Crippen molar-refractivity contribution in [2.75, 3.05) is 32.8 Å². The Morgan fingerprint density at radius 3 is 2.87 bits per heavy atom. The second-order valence-electron chi connectivity index (χ2n) is 7.30. The number of carbonyl (C=O) groups is 1. The van der Waals surface area contributed by atoms with Gasteiger partial charge in [0.1, 0.15) is 5.82 Å². The number of hydrogen-bond acceptors (Lipinski definition) is 3. The van der Waals surface area contributed by atoms with E-state index in [4.69, 9.17) is 4.74 Å². The Morgan fingerprint density at radius 2 is 2.13 bits per heavy atom. The van der Waals surface area contributed by atoms with Gasteiger partial charge in [0.2, 0.25) is 5.91 Å². The molecule has 1 aromatic rings. The maximum absolute atomic E-state index is 13.1. The van der Waals surface area contributed by atoms with Crippen LogP contribution in [0.25, 0.3) is 0 Å². The standard InChI is InChI=1S/C18H23FN2O2/c19-15-3-1-13(2-4-15)17(6-7-17)10-21-16(22)18-11-20-9-14(18)5-8-23-12-18/h1-4,14,20H,5-12H2,(H,21,22)/t14-,18+/m1/s1. The summed E-state index contributed by atoms with van der Waals surface area (Å²) in [4.78, 5) is 12.9. The number of rotatable bonds is 4. The summed E-state index contributed by atoms with van der Waals surface area (Å²) in [5.41, 5.74) is 0.714. The molecular weight excluding hydrogens is 295 g/mol. The Balaban J connectivity index is 1.44. The Bertz CT molecular complexity index is 600. The van der Waals surface area contributed by atoms with Gasteiger partial charge in [-0.2, -0.15) is 0 Å². The van der Waals surface area contributed by atoms with Crippen molar-refractivity contribution >= 4 is 5.91 Å². The van der Waals surface area contributed by atoms with E-state index in [0.29, 0.717) is 25.6 Å². The van der Waals surface area contributed by atoms with Crippen LogP contribution in [0, 0.1) is 17.2 Å². The third-order valence-corrected chi connectivity index (χ3v) is 5.93. The van der Waals surface area contributed by atoms with Crippen molar-refractivity contribution in [2.24, 2.45) is 11.3 Å². The molecule has 3 fully saturated rings. The fourth-order valence-corrected chi connectivity index (χ4v) is 4.11. The molecule has 2 heterocycles. The molecule has 0 bridgehead atoms. The summed E-state index contributed by atoms with van der Waals surface area (Å²) >= 11 is 0. The van der Waals surface area contributed by atoms with Crippen LogP contribution in [0.2, 0.25) is 0 Å². The Hall–Kier alpha value is -1.46. The first-order valence-corrected chi connectivity index (χ1v) is 8.48. The normalized spacial score (nSPS) is 31.4. The van der Waals surface area contributed by atoms with E-state index in [-0.39, 0.29) is 17.1 Å². The number of nitrogens with one attached hydrogen (secondary N) is 2. The number of amides is 1. The summed E-state index contributed by atoms with van der Waals surface area (Å²) in [7, 11) is 0. The molecule has 0 aromatic heterocycles. The van der Waals surface area contributed by atoms with E-state index in [2.05, 4.69) is 10.6 Å². The zero-order chi connectivity index (χ0) is 15.9. The lowest BCUT2D eigenvalue weighted by molar-refractivity contribution is -0.141. The van der Waals surface area contributed by atoms with E-state index < -0.39 is 5.41 Å². The van der Waals surface area contributed by atoms with Crippen LogP contribution in [0.1, 0.15) is 24.8 Å². The molecule has 2 N–H and O–H groups in total. The highest BCUT2D eigenvalue weighted by molar-refractivity contribution is 5.84. The lowest BCUT2D eigenvalue weighted by Gasteiger charge is -2.37. The van der Waals surface area contributed by atoms with Gasteiger partial charge < -0.3 is 15.4 Å². The SMILES string of the molecule is O=C(NCC1(c2ccc(F)cc2)CC1)[C@]12CNC[C@H]1CCOC2. The van der Waals surface area contributed by atoms with E-state index in [9.17, 15) is 9.18 Å². The molecule has 2 atom stereocenters. The largest absolute Gasteiger partial charge is 0.380 e. The highest BCUT2D eigenvalue weighted by Gasteiger charge is 2.52. The maximum atomic E-state index is 13.1. The first-order valence-electron chi connectivity index (χ1n) is 8.48. The molecule has 124 valence electrons. The van der Waals surface area contributed by atoms with Gasteiger partial charge in [0.15, 0.2) is 0 Å². The molecule has 23 heavy (non-hydrogen) atoms. The third-order valence-electron chi connectivity index (χ3n) is 5.93. The van der Waals surface area contributed by atoms with Gasteiger partial charge in [0.05, 0.1) is 12.0 Å². The summed E-state index contributed by atoms with van der Waals surface area (Å²) in [6, 6.07) is 6.69. The number of fused-ring (bicyclic) bond motifs is 1. The second kappa shape index (κ2) is 5.56. The van der Waals surface area contributed by atoms with Crippen molar-refractivity contribution in [3.63, 3.8) is 0 Å². The topological polar surface area (TPSA) is 50.4 Å². The van der Waals surface area contributed by atoms with Gasteiger partial charge in [0, 0.05) is 25.1 Å². The van der Waals surface area contributed by atoms with Crippen LogP contribution in [0.4, 0.5) is 4.39 Å². The molecule has 4 rings (SSSR count). The van der Waals surface area contributed by atoms with E-state index in [1.807, 2.05) is 12.1 Å². The summed E-state index contributed by atoms with van der Waals surface area (Å²) < 4.78 is 18.7. The molecule has 4 nitrogen and oxygen atoms in total. The molecule has 1 saturated carbocycles. The van der Waals surface area contributed by atoms with Crippen molar-refractivity contribution in [1.82, 2.24) is 10.6 Å². The van der Waals surface area contributed by atoms with Gasteiger partial charge in [-0.15, -0.1) is 0 Å². The minimum atomic E-state index is -0.406. The summed E-state index contributed by atoms with van der Waals surface area (Å²) in [5.74, 6) is 0.268. The van der Waals surface area contributed by atoms with Crippen LogP contribution in [0.15, 0.2) is 24.3 Å². The number of benzene rings is 1. The molecule has 1 aliphatic carbocycles. The average Bonchev–Trinajstić information content (AvgIpc) is 3.23. The van der Waals surface area contributed by atoms with Crippen molar-refractivity contribution in [2.45, 2.75) is 24.7 Å². The number of hydrogen-bond donors (Lipinski definition) is 2. The lowest BCUT2D eigenvalue weighted by Crippen LogP contribution is -2.53. The van der Waals surface area contributed by atoms with Gasteiger partial charge in [-0.1, -0.05) is 12.1 Å². The fourth-order valence-electron chi connectivity index (χ4n) is 4.11. The van der Waals surface area contributed by atoms with Crippen LogP contribution in [-0.2, 0) is 14.9 Å². The quantitative estimate of drug-likeness (QED) is 0.887. The van der Waals surface area contributed by atoms with Gasteiger partial charge in [0.25, 0.3) is 0 Å². The zero-order valence-electron chi connectivity index (χ0n) is 13.2. The van der Waals surface area contributed by atoms with Gasteiger partial charge in [-0.3, -0.25) is 4.79 Å². The molecule has 2 saturated heterocycles. The number of ether oxygens (including phenoxy) is 1. The Labute approximate surface area is 135 Å². The zero-order valence-corrected chi connectivity index (χ0v) is 13.2. The van der Waals surface area contributed by atoms with E-state index in [1.165, 1.54) is 12.1 Å². The molecule has 2 aliphatic heterocycles. The number of halogens is 1. The highest BCUT2D eigenvalue weighted by Crippen LogP contribution is 2.48. The van der Waals surface area contributed by atoms with Gasteiger partial charge >= 0.3 is 0 Å². The van der Waals surface area contributed by atoms with E-state index in [0.717, 1.165) is 38.0 Å². The summed E-state index contributed by atoms with van der Waals surface area (Å²) in [6.45, 7) is 3.50. The van der Waals surface area contributed by atoms with Crippen molar-refractivity contribution < 1.29 is 13.9 Å². The molecular formula is C18H23FN2O2. The van der Waals surface area contributed by atoms with E-state index >= 15 is 0 Å². The fraction of sp³-hybridized carbons (Fsp3) is 0.611. The predicted molar refractivity (Wildman–Crippen MR) is 84.6 cm³/mol. The minimum Gasteiger partial charge on any atom is -0.380 e. The van der Waals surface area contributed by atoms with Gasteiger partial charge in [-0.05, 0) is 49.4 Å². The Kier molecular flexibility index (Phi) is 3.65. The molecule has 0 radical (unpaired) electrons.